The maximum Gasteiger partial charge on any atom is 0.394 e. The van der Waals surface area contributed by atoms with Gasteiger partial charge in [0.2, 0.25) is 5.65 Å². The van der Waals surface area contributed by atoms with Gasteiger partial charge in [-0.25, -0.2) is 9.36 Å². The van der Waals surface area contributed by atoms with Gasteiger partial charge in [0.1, 0.15) is 24.2 Å². The number of aliphatic hydroxyl groups excluding tert-OH is 2. The molecule has 1 aliphatic rings. The lowest BCUT2D eigenvalue weighted by molar-refractivity contribution is -0.696. The summed E-state index contributed by atoms with van der Waals surface area (Å²) in [5, 5.41) is 21.7. The van der Waals surface area contributed by atoms with E-state index in [4.69, 9.17) is 5.11 Å². The number of imidazole rings is 1. The molecule has 0 aromatic carbocycles. The molecule has 2 aromatic heterocycles. The van der Waals surface area contributed by atoms with Crippen LogP contribution >= 0.6 is 0 Å². The fourth-order valence-electron chi connectivity index (χ4n) is 1.97. The fourth-order valence-corrected chi connectivity index (χ4v) is 1.97. The van der Waals surface area contributed by atoms with Gasteiger partial charge in [-0.05, 0) is 0 Å². The Balaban J connectivity index is 2.12. The first-order valence-corrected chi connectivity index (χ1v) is 5.25. The van der Waals surface area contributed by atoms with E-state index in [1.54, 1.807) is 10.8 Å². The molecule has 0 spiro atoms. The predicted octanol–water partition coefficient (Wildman–Crippen LogP) is -2.31. The predicted molar refractivity (Wildman–Crippen MR) is 57.4 cm³/mol. The zero-order valence-electron chi connectivity index (χ0n) is 8.84. The number of nitrogens with zero attached hydrogens (tertiary/aromatic N) is 2. The van der Waals surface area contributed by atoms with E-state index >= 15 is 0 Å². The molecule has 0 radical (unpaired) electrons. The van der Waals surface area contributed by atoms with Gasteiger partial charge in [-0.3, -0.25) is 10.3 Å². The summed E-state index contributed by atoms with van der Waals surface area (Å²) in [7, 11) is 0. The SMILES string of the molecule is O=c1[nH]c2c[n+]3c(nc2[nH]1)NC(CO)C(O)C3. The van der Waals surface area contributed by atoms with Gasteiger partial charge < -0.3 is 15.2 Å². The molecule has 8 nitrogen and oxygen atoms in total. The Morgan fingerprint density at radius 2 is 2.35 bits per heavy atom. The third-order valence-electron chi connectivity index (χ3n) is 2.87. The third-order valence-corrected chi connectivity index (χ3v) is 2.87. The highest BCUT2D eigenvalue weighted by Crippen LogP contribution is 2.11. The quantitative estimate of drug-likeness (QED) is 0.358. The molecular formula is C9H12N5O3+. The normalized spacial score (nSPS) is 23.4. The van der Waals surface area contributed by atoms with Crippen LogP contribution in [0, 0.1) is 0 Å². The first-order chi connectivity index (χ1) is 8.17. The number of rotatable bonds is 1. The molecule has 8 heteroatoms. The van der Waals surface area contributed by atoms with Crippen molar-refractivity contribution in [3.05, 3.63) is 16.7 Å². The second kappa shape index (κ2) is 3.54. The highest BCUT2D eigenvalue weighted by atomic mass is 16.3. The van der Waals surface area contributed by atoms with Crippen LogP contribution in [-0.2, 0) is 6.54 Å². The Morgan fingerprint density at radius 1 is 1.53 bits per heavy atom. The van der Waals surface area contributed by atoms with Gasteiger partial charge in [0, 0.05) is 0 Å². The molecule has 0 fully saturated rings. The van der Waals surface area contributed by atoms with Crippen molar-refractivity contribution in [1.82, 2.24) is 15.0 Å². The molecular weight excluding hydrogens is 226 g/mol. The molecule has 3 rings (SSSR count). The number of hydrogen-bond acceptors (Lipinski definition) is 5. The Kier molecular flexibility index (Phi) is 2.13. The lowest BCUT2D eigenvalue weighted by Gasteiger charge is -2.24. The zero-order valence-corrected chi connectivity index (χ0v) is 8.84. The van der Waals surface area contributed by atoms with E-state index in [1.165, 1.54) is 0 Å². The largest absolute Gasteiger partial charge is 0.394 e. The number of H-pyrrole nitrogens is 2. The molecule has 0 saturated carbocycles. The van der Waals surface area contributed by atoms with E-state index in [0.29, 0.717) is 23.7 Å². The van der Waals surface area contributed by atoms with Crippen molar-refractivity contribution in [2.75, 3.05) is 11.9 Å². The van der Waals surface area contributed by atoms with Crippen LogP contribution < -0.4 is 15.6 Å². The molecule has 1 aliphatic heterocycles. The molecule has 0 bridgehead atoms. The summed E-state index contributed by atoms with van der Waals surface area (Å²) in [5.74, 6) is 0.511. The van der Waals surface area contributed by atoms with Crippen molar-refractivity contribution in [2.45, 2.75) is 18.7 Å². The minimum absolute atomic E-state index is 0.176. The maximum absolute atomic E-state index is 11.1. The van der Waals surface area contributed by atoms with Gasteiger partial charge in [0.25, 0.3) is 0 Å². The van der Waals surface area contributed by atoms with Crippen LogP contribution in [0.3, 0.4) is 0 Å². The van der Waals surface area contributed by atoms with Crippen LogP contribution in [0.1, 0.15) is 0 Å². The monoisotopic (exact) mass is 238 g/mol. The second-order valence-corrected chi connectivity index (χ2v) is 4.06. The van der Waals surface area contributed by atoms with Gasteiger partial charge in [0.05, 0.1) is 12.8 Å². The van der Waals surface area contributed by atoms with Crippen LogP contribution in [0.5, 0.6) is 0 Å². The van der Waals surface area contributed by atoms with E-state index in [2.05, 4.69) is 20.3 Å². The summed E-state index contributed by atoms with van der Waals surface area (Å²) in [6, 6.07) is -0.439. The van der Waals surface area contributed by atoms with Gasteiger partial charge in [-0.15, -0.1) is 0 Å². The highest BCUT2D eigenvalue weighted by Gasteiger charge is 2.32. The molecule has 0 amide bonds. The van der Waals surface area contributed by atoms with Crippen molar-refractivity contribution in [3.63, 3.8) is 0 Å². The number of anilines is 1. The number of hydrogen-bond donors (Lipinski definition) is 5. The van der Waals surface area contributed by atoms with E-state index in [1.807, 2.05) is 0 Å². The lowest BCUT2D eigenvalue weighted by Crippen LogP contribution is -2.56. The summed E-state index contributed by atoms with van der Waals surface area (Å²) >= 11 is 0. The Bertz CT molecular complexity index is 619. The molecule has 0 aliphatic carbocycles. The van der Waals surface area contributed by atoms with Gasteiger partial charge in [-0.1, -0.05) is 4.98 Å². The van der Waals surface area contributed by atoms with E-state index in [0.717, 1.165) is 0 Å². The first-order valence-electron chi connectivity index (χ1n) is 5.25. The number of aromatic nitrogens is 4. The summed E-state index contributed by atoms with van der Waals surface area (Å²) in [6.07, 6.45) is 1.00. The molecule has 0 saturated heterocycles. The average Bonchev–Trinajstić information content (AvgIpc) is 2.64. The van der Waals surface area contributed by atoms with E-state index in [9.17, 15) is 9.90 Å². The van der Waals surface area contributed by atoms with Crippen molar-refractivity contribution in [2.24, 2.45) is 0 Å². The zero-order chi connectivity index (χ0) is 12.0. The Labute approximate surface area is 94.9 Å². The molecule has 3 heterocycles. The second-order valence-electron chi connectivity index (χ2n) is 4.06. The van der Waals surface area contributed by atoms with Gasteiger partial charge in [0.15, 0.2) is 0 Å². The standard InChI is InChI=1S/C9H11N5O3/c15-3-5-6(16)2-14-1-4-7(12-8(14)10-5)13-9(17)11-4/h1,5-6,15-16H,2-3H2,(H2,10,11,12,13,17)/p+1. The highest BCUT2D eigenvalue weighted by molar-refractivity contribution is 5.68. The number of aromatic amines is 2. The molecule has 90 valence electrons. The Morgan fingerprint density at radius 3 is 3.12 bits per heavy atom. The number of fused-ring (bicyclic) bond motifs is 2. The minimum Gasteiger partial charge on any atom is -0.393 e. The van der Waals surface area contributed by atoms with Crippen molar-refractivity contribution < 1.29 is 14.8 Å². The van der Waals surface area contributed by atoms with Crippen molar-refractivity contribution in [1.29, 1.82) is 0 Å². The van der Waals surface area contributed by atoms with E-state index < -0.39 is 12.1 Å². The summed E-state index contributed by atoms with van der Waals surface area (Å²) < 4.78 is 1.70. The minimum atomic E-state index is -0.692. The topological polar surface area (TPSA) is 118 Å². The lowest BCUT2D eigenvalue weighted by atomic mass is 10.1. The molecule has 2 aromatic rings. The van der Waals surface area contributed by atoms with Gasteiger partial charge in [-0.2, -0.15) is 0 Å². The average molecular weight is 238 g/mol. The molecule has 5 N–H and O–H groups in total. The first kappa shape index (κ1) is 10.2. The van der Waals surface area contributed by atoms with Crippen LogP contribution in [0.2, 0.25) is 0 Å². The van der Waals surface area contributed by atoms with Gasteiger partial charge >= 0.3 is 11.6 Å². The molecule has 2 unspecified atom stereocenters. The number of nitrogens with one attached hydrogen (secondary N) is 3. The van der Waals surface area contributed by atoms with Crippen LogP contribution in [0.15, 0.2) is 11.0 Å². The molecule has 17 heavy (non-hydrogen) atoms. The van der Waals surface area contributed by atoms with Crippen molar-refractivity contribution in [3.8, 4) is 0 Å². The van der Waals surface area contributed by atoms with Crippen LogP contribution in [0.4, 0.5) is 5.95 Å². The Hall–Kier alpha value is -1.93. The van der Waals surface area contributed by atoms with E-state index in [-0.39, 0.29) is 12.3 Å². The maximum atomic E-state index is 11.1. The molecule has 2 atom stereocenters. The smallest absolute Gasteiger partial charge is 0.393 e. The number of aliphatic hydroxyl groups is 2. The van der Waals surface area contributed by atoms with Crippen molar-refractivity contribution >= 4 is 17.1 Å². The summed E-state index contributed by atoms with van der Waals surface area (Å²) in [6.45, 7) is 0.147. The summed E-state index contributed by atoms with van der Waals surface area (Å²) in [4.78, 5) is 20.5. The fraction of sp³-hybridized carbons (Fsp3) is 0.444. The summed E-state index contributed by atoms with van der Waals surface area (Å²) in [5.41, 5.74) is 0.701. The van der Waals surface area contributed by atoms with Crippen LogP contribution in [0.25, 0.3) is 11.2 Å². The van der Waals surface area contributed by atoms with Crippen LogP contribution in [-0.4, -0.2) is 43.9 Å². The third kappa shape index (κ3) is 1.58.